The van der Waals surface area contributed by atoms with Crippen LogP contribution >= 0.6 is 0 Å². The number of carbonyl (C=O) groups is 1. The van der Waals surface area contributed by atoms with Gasteiger partial charge in [0.15, 0.2) is 0 Å². The van der Waals surface area contributed by atoms with Crippen LogP contribution in [0.2, 0.25) is 0 Å². The number of likely N-dealkylation sites (N-methyl/N-ethyl adjacent to an activating group) is 1. The van der Waals surface area contributed by atoms with Gasteiger partial charge >= 0.3 is 5.92 Å². The summed E-state index contributed by atoms with van der Waals surface area (Å²) in [6, 6.07) is 8.78. The van der Waals surface area contributed by atoms with Gasteiger partial charge in [0, 0.05) is 56.5 Å². The molecule has 4 heterocycles. The number of nitrogens with one attached hydrogen (secondary N) is 2. The number of pyridine rings is 2. The Bertz CT molecular complexity index is 1230. The lowest BCUT2D eigenvalue weighted by molar-refractivity contribution is -0.114. The van der Waals surface area contributed by atoms with Crippen molar-refractivity contribution in [1.82, 2.24) is 24.8 Å². The van der Waals surface area contributed by atoms with Gasteiger partial charge in [-0.15, -0.1) is 0 Å². The van der Waals surface area contributed by atoms with Gasteiger partial charge in [-0.1, -0.05) is 6.07 Å². The first-order chi connectivity index (χ1) is 16.6. The van der Waals surface area contributed by atoms with Crippen LogP contribution in [0.4, 0.5) is 26.1 Å². The van der Waals surface area contributed by atoms with Crippen molar-refractivity contribution in [3.05, 3.63) is 53.7 Å². The molecule has 2 N–H and O–H groups in total. The number of aromatic nitrogens is 4. The van der Waals surface area contributed by atoms with Crippen molar-refractivity contribution < 1.29 is 18.3 Å². The van der Waals surface area contributed by atoms with Crippen molar-refractivity contribution in [3.8, 4) is 11.3 Å². The fourth-order valence-electron chi connectivity index (χ4n) is 3.72. The van der Waals surface area contributed by atoms with Crippen LogP contribution in [0, 0.1) is 6.92 Å². The molecule has 0 aliphatic carbocycles. The van der Waals surface area contributed by atoms with Crippen LogP contribution in [0.5, 0.6) is 0 Å². The van der Waals surface area contributed by atoms with Crippen LogP contribution in [0.25, 0.3) is 11.3 Å². The second kappa shape index (κ2) is 9.96. The summed E-state index contributed by atoms with van der Waals surface area (Å²) in [4.78, 5) is 30.7. The molecule has 1 aliphatic rings. The van der Waals surface area contributed by atoms with E-state index in [1.165, 1.54) is 6.92 Å². The van der Waals surface area contributed by atoms with E-state index >= 15 is 0 Å². The van der Waals surface area contributed by atoms with Gasteiger partial charge in [0.2, 0.25) is 11.7 Å². The number of ether oxygens (including phenoxy) is 1. The fourth-order valence-corrected chi connectivity index (χ4v) is 3.72. The summed E-state index contributed by atoms with van der Waals surface area (Å²) in [5.74, 6) is -3.60. The highest BCUT2D eigenvalue weighted by Gasteiger charge is 2.29. The Morgan fingerprint density at radius 1 is 1.20 bits per heavy atom. The maximum Gasteiger partial charge on any atom is 0.303 e. The predicted octanol–water partition coefficient (Wildman–Crippen LogP) is 4.06. The maximum atomic E-state index is 13.9. The third-order valence-electron chi connectivity index (χ3n) is 5.36. The first kappa shape index (κ1) is 24.6. The number of morpholine rings is 1. The lowest BCUT2D eigenvalue weighted by atomic mass is 10.1. The van der Waals surface area contributed by atoms with Gasteiger partial charge in [0.25, 0.3) is 0 Å². The summed E-state index contributed by atoms with van der Waals surface area (Å²) in [5, 5.41) is 5.72. The molecule has 0 spiro atoms. The van der Waals surface area contributed by atoms with Gasteiger partial charge in [-0.05, 0) is 26.1 Å². The van der Waals surface area contributed by atoms with E-state index in [2.05, 4.69) is 30.5 Å². The molecule has 0 saturated carbocycles. The molecule has 0 aromatic carbocycles. The van der Waals surface area contributed by atoms with Crippen LogP contribution in [0.15, 0.2) is 36.5 Å². The molecule has 4 rings (SSSR count). The molecule has 9 nitrogen and oxygen atoms in total. The first-order valence-corrected chi connectivity index (χ1v) is 11.1. The highest BCUT2D eigenvalue weighted by Crippen LogP contribution is 2.33. The minimum absolute atomic E-state index is 0.171. The summed E-state index contributed by atoms with van der Waals surface area (Å²) in [7, 11) is 2.03. The quantitative estimate of drug-likeness (QED) is 0.541. The third kappa shape index (κ3) is 6.11. The normalized spacial score (nSPS) is 16.7. The highest BCUT2D eigenvalue weighted by atomic mass is 19.3. The highest BCUT2D eigenvalue weighted by molar-refractivity contribution is 5.89. The van der Waals surface area contributed by atoms with Crippen molar-refractivity contribution in [2.75, 3.05) is 37.4 Å². The van der Waals surface area contributed by atoms with Crippen LogP contribution in [-0.4, -0.2) is 57.5 Å². The molecular formula is C24H27F2N7O2. The monoisotopic (exact) mass is 483 g/mol. The van der Waals surface area contributed by atoms with E-state index in [4.69, 9.17) is 9.72 Å². The minimum atomic E-state index is -3.20. The zero-order valence-electron chi connectivity index (χ0n) is 20.0. The average molecular weight is 484 g/mol. The Morgan fingerprint density at radius 3 is 2.71 bits per heavy atom. The first-order valence-electron chi connectivity index (χ1n) is 11.1. The van der Waals surface area contributed by atoms with Gasteiger partial charge < -0.3 is 20.3 Å². The third-order valence-corrected chi connectivity index (χ3v) is 5.36. The molecule has 3 aromatic heterocycles. The van der Waals surface area contributed by atoms with E-state index in [0.29, 0.717) is 35.1 Å². The summed E-state index contributed by atoms with van der Waals surface area (Å²) >= 11 is 0. The topological polar surface area (TPSA) is 105 Å². The number of rotatable bonds is 6. The summed E-state index contributed by atoms with van der Waals surface area (Å²) in [6.07, 6.45) is 1.40. The van der Waals surface area contributed by atoms with E-state index < -0.39 is 11.7 Å². The Morgan fingerprint density at radius 2 is 2.00 bits per heavy atom. The minimum Gasteiger partial charge on any atom is -0.369 e. The van der Waals surface area contributed by atoms with Crippen LogP contribution in [0.1, 0.15) is 37.2 Å². The number of nitrogens with zero attached hydrogens (tertiary/aromatic N) is 5. The Balaban J connectivity index is 1.74. The van der Waals surface area contributed by atoms with Gasteiger partial charge in [-0.25, -0.2) is 19.9 Å². The van der Waals surface area contributed by atoms with Crippen LogP contribution in [0.3, 0.4) is 0 Å². The molecule has 1 fully saturated rings. The van der Waals surface area contributed by atoms with E-state index in [0.717, 1.165) is 25.7 Å². The second-order valence-corrected chi connectivity index (χ2v) is 8.60. The number of hydrogen-bond acceptors (Lipinski definition) is 8. The standard InChI is InChI=1S/C24H27F2N7O2/c1-14-10-22(32-23(28-14)24(3,25)26)31-19-11-21(29-15(2)34)27-12-16(19)17-6-5-7-18(30-17)20-13-33(4)8-9-35-20/h5-7,10-12,20H,8-9,13H2,1-4H3,(H2,27,28,29,31,32,34)/t20-/m0/s1. The van der Waals surface area contributed by atoms with Crippen molar-refractivity contribution in [1.29, 1.82) is 0 Å². The summed E-state index contributed by atoms with van der Waals surface area (Å²) in [6.45, 7) is 5.93. The van der Waals surface area contributed by atoms with Crippen molar-refractivity contribution in [3.63, 3.8) is 0 Å². The zero-order chi connectivity index (χ0) is 25.2. The molecule has 11 heteroatoms. The van der Waals surface area contributed by atoms with Crippen LogP contribution in [-0.2, 0) is 15.5 Å². The number of aryl methyl sites for hydroxylation is 1. The zero-order valence-corrected chi connectivity index (χ0v) is 20.0. The number of halogens is 2. The molecule has 0 unspecified atom stereocenters. The average Bonchev–Trinajstić information content (AvgIpc) is 2.78. The largest absolute Gasteiger partial charge is 0.369 e. The molecule has 1 amide bonds. The smallest absolute Gasteiger partial charge is 0.303 e. The maximum absolute atomic E-state index is 13.9. The lowest BCUT2D eigenvalue weighted by Crippen LogP contribution is -2.35. The second-order valence-electron chi connectivity index (χ2n) is 8.60. The molecule has 1 saturated heterocycles. The SMILES string of the molecule is CC(=O)Nc1cc(Nc2cc(C)nc(C(C)(F)F)n2)c(-c2cccc([C@@H]3CN(C)CCO3)n2)cn1. The Hall–Kier alpha value is -3.57. The lowest BCUT2D eigenvalue weighted by Gasteiger charge is -2.29. The molecule has 1 aliphatic heterocycles. The van der Waals surface area contributed by atoms with E-state index in [-0.39, 0.29) is 17.8 Å². The molecular weight excluding hydrogens is 456 g/mol. The van der Waals surface area contributed by atoms with Gasteiger partial charge in [-0.3, -0.25) is 4.79 Å². The van der Waals surface area contributed by atoms with E-state index in [9.17, 15) is 13.6 Å². The number of anilines is 3. The fraction of sp³-hybridized carbons (Fsp3) is 0.375. The van der Waals surface area contributed by atoms with Gasteiger partial charge in [0.1, 0.15) is 17.7 Å². The number of alkyl halides is 2. The molecule has 35 heavy (non-hydrogen) atoms. The van der Waals surface area contributed by atoms with Crippen molar-refractivity contribution in [2.24, 2.45) is 0 Å². The molecule has 184 valence electrons. The Kier molecular flexibility index (Phi) is 6.99. The summed E-state index contributed by atoms with van der Waals surface area (Å²) in [5.41, 5.74) is 2.85. The van der Waals surface area contributed by atoms with Gasteiger partial charge in [-0.2, -0.15) is 8.78 Å². The van der Waals surface area contributed by atoms with Gasteiger partial charge in [0.05, 0.1) is 23.7 Å². The van der Waals surface area contributed by atoms with E-state index in [1.54, 1.807) is 25.3 Å². The number of amides is 1. The number of carbonyl (C=O) groups excluding carboxylic acids is 1. The molecule has 0 bridgehead atoms. The van der Waals surface area contributed by atoms with Crippen molar-refractivity contribution >= 4 is 23.2 Å². The molecule has 3 aromatic rings. The van der Waals surface area contributed by atoms with E-state index in [1.807, 2.05) is 25.2 Å². The summed E-state index contributed by atoms with van der Waals surface area (Å²) < 4.78 is 33.7. The van der Waals surface area contributed by atoms with Crippen molar-refractivity contribution in [2.45, 2.75) is 32.8 Å². The van der Waals surface area contributed by atoms with Crippen LogP contribution < -0.4 is 10.6 Å². The Labute approximate surface area is 202 Å². The number of hydrogen-bond donors (Lipinski definition) is 2. The molecule has 1 atom stereocenters. The predicted molar refractivity (Wildman–Crippen MR) is 128 cm³/mol. The molecule has 0 radical (unpaired) electrons.